The van der Waals surface area contributed by atoms with E-state index in [0.29, 0.717) is 64.1 Å². The fourth-order valence-electron chi connectivity index (χ4n) is 10.5. The summed E-state index contributed by atoms with van der Waals surface area (Å²) in [5, 5.41) is 8.55. The minimum atomic E-state index is -0.459. The zero-order valence-corrected chi connectivity index (χ0v) is 41.7. The molecule has 11 aromatic rings. The standard InChI is InChI=1S/C62H38Br2N2O6/c1-71-41-20-13-36(14-21-41)43-25-18-39(29-48(43)34-9-5-3-6-10-34)65-60(68)50-31-52(63)56-46-27-28-47-55-51(32-53(64)57(59(46)55)45-24-17-38(33-67)54(50)58(45)56)62(70)66(61(47)69)40-19-26-44(37-15-22-42(72-2)23-16-37)49(30-40)35-11-7-4-8-12-35/h3-33H,1-2H3,(H,65,68). The van der Waals surface area contributed by atoms with Crippen LogP contribution in [0.15, 0.2) is 191 Å². The van der Waals surface area contributed by atoms with Gasteiger partial charge in [0.15, 0.2) is 6.29 Å². The van der Waals surface area contributed by atoms with Gasteiger partial charge in [0, 0.05) is 63.6 Å². The molecule has 0 radical (unpaired) electrons. The first kappa shape index (κ1) is 44.7. The molecular weight excluding hydrogens is 1030 g/mol. The average molecular weight is 1070 g/mol. The largest absolute Gasteiger partial charge is 0.497 e. The Bertz CT molecular complexity index is 4000. The van der Waals surface area contributed by atoms with E-state index in [4.69, 9.17) is 9.47 Å². The molecule has 12 rings (SSSR count). The molecule has 1 N–H and O–H groups in total. The Kier molecular flexibility index (Phi) is 11.0. The van der Waals surface area contributed by atoms with Gasteiger partial charge in [-0.25, -0.2) is 4.90 Å². The number of nitrogens with zero attached hydrogens (tertiary/aromatic N) is 1. The summed E-state index contributed by atoms with van der Waals surface area (Å²) in [5.41, 5.74) is 9.91. The lowest BCUT2D eigenvalue weighted by Gasteiger charge is -2.30. The van der Waals surface area contributed by atoms with Crippen LogP contribution in [-0.2, 0) is 0 Å². The van der Waals surface area contributed by atoms with Crippen LogP contribution in [0.5, 0.6) is 11.5 Å². The molecule has 0 fully saturated rings. The van der Waals surface area contributed by atoms with Gasteiger partial charge < -0.3 is 14.8 Å². The fourth-order valence-corrected chi connectivity index (χ4v) is 11.8. The average Bonchev–Trinajstić information content (AvgIpc) is 3.42. The van der Waals surface area contributed by atoms with Crippen molar-refractivity contribution < 1.29 is 28.7 Å². The molecule has 0 aromatic heterocycles. The first-order valence-corrected chi connectivity index (χ1v) is 24.7. The lowest BCUT2D eigenvalue weighted by atomic mass is 9.83. The monoisotopic (exact) mass is 1060 g/mol. The second-order valence-corrected chi connectivity index (χ2v) is 19.3. The lowest BCUT2D eigenvalue weighted by Crippen LogP contribution is -2.40. The third-order valence-corrected chi connectivity index (χ3v) is 15.0. The number of fused-ring (bicyclic) bond motifs is 2. The van der Waals surface area contributed by atoms with E-state index in [0.717, 1.165) is 83.8 Å². The van der Waals surface area contributed by atoms with Crippen LogP contribution in [0.2, 0.25) is 0 Å². The molecule has 1 heterocycles. The lowest BCUT2D eigenvalue weighted by molar-refractivity contribution is 0.0892. The van der Waals surface area contributed by atoms with Crippen LogP contribution in [0.3, 0.4) is 0 Å². The Balaban J connectivity index is 0.982. The molecule has 10 heteroatoms. The molecule has 0 saturated carbocycles. The van der Waals surface area contributed by atoms with Gasteiger partial charge in [-0.15, -0.1) is 0 Å². The summed E-state index contributed by atoms with van der Waals surface area (Å²) < 4.78 is 12.1. The van der Waals surface area contributed by atoms with Gasteiger partial charge in [0.2, 0.25) is 0 Å². The van der Waals surface area contributed by atoms with Gasteiger partial charge in [-0.1, -0.05) is 147 Å². The van der Waals surface area contributed by atoms with Crippen LogP contribution >= 0.6 is 31.9 Å². The quantitative estimate of drug-likeness (QED) is 0.0634. The number of anilines is 2. The summed E-state index contributed by atoms with van der Waals surface area (Å²) in [6.07, 6.45) is 0.772. The van der Waals surface area contributed by atoms with Crippen LogP contribution in [-0.4, -0.2) is 38.2 Å². The Labute approximate surface area is 430 Å². The first-order valence-electron chi connectivity index (χ1n) is 23.1. The van der Waals surface area contributed by atoms with E-state index in [2.05, 4.69) is 37.2 Å². The smallest absolute Gasteiger partial charge is 0.266 e. The number of rotatable bonds is 10. The van der Waals surface area contributed by atoms with Crippen molar-refractivity contribution in [1.29, 1.82) is 0 Å². The predicted octanol–water partition coefficient (Wildman–Crippen LogP) is 15.8. The number of benzene rings is 11. The van der Waals surface area contributed by atoms with Crippen LogP contribution in [0.4, 0.5) is 11.4 Å². The van der Waals surface area contributed by atoms with Gasteiger partial charge in [-0.3, -0.25) is 19.2 Å². The number of halogens is 2. The van der Waals surface area contributed by atoms with E-state index in [1.165, 1.54) is 4.90 Å². The molecule has 0 unspecified atom stereocenters. The summed E-state index contributed by atoms with van der Waals surface area (Å²) in [4.78, 5) is 59.0. The number of hydrogen-bond acceptors (Lipinski definition) is 6. The molecule has 72 heavy (non-hydrogen) atoms. The van der Waals surface area contributed by atoms with Crippen LogP contribution in [0.25, 0.3) is 87.6 Å². The SMILES string of the molecule is COc1ccc(-c2ccc(NC(=O)c3cc(Br)c4c5ccc6c7c(cc(Br)c(c8ccc(C=O)c3c84)c75)C(=O)N(c3ccc(-c4ccc(OC)cc4)c(-c4ccccc4)c3)C6=O)cc2-c2ccccc2)cc1. The molecule has 0 spiro atoms. The normalized spacial score (nSPS) is 12.3. The van der Waals surface area contributed by atoms with Crippen molar-refractivity contribution in [3.63, 3.8) is 0 Å². The summed E-state index contributed by atoms with van der Waals surface area (Å²) in [6.45, 7) is 0. The second-order valence-electron chi connectivity index (χ2n) is 17.6. The highest BCUT2D eigenvalue weighted by atomic mass is 79.9. The molecule has 0 atom stereocenters. The molecule has 3 amide bonds. The molecule has 0 bridgehead atoms. The predicted molar refractivity (Wildman–Crippen MR) is 295 cm³/mol. The summed E-state index contributed by atoms with van der Waals surface area (Å²) >= 11 is 7.75. The second kappa shape index (κ2) is 17.8. The third-order valence-electron chi connectivity index (χ3n) is 13.8. The van der Waals surface area contributed by atoms with Crippen LogP contribution < -0.4 is 19.7 Å². The third kappa shape index (κ3) is 7.16. The van der Waals surface area contributed by atoms with Crippen molar-refractivity contribution >= 4 is 110 Å². The highest BCUT2D eigenvalue weighted by Crippen LogP contribution is 2.50. The number of hydrogen-bond donors (Lipinski definition) is 1. The number of imide groups is 1. The Morgan fingerprint density at radius 2 is 0.972 bits per heavy atom. The van der Waals surface area contributed by atoms with Crippen molar-refractivity contribution in [2.45, 2.75) is 0 Å². The zero-order valence-electron chi connectivity index (χ0n) is 38.6. The zero-order chi connectivity index (χ0) is 49.4. The molecule has 1 aliphatic heterocycles. The van der Waals surface area contributed by atoms with Crippen molar-refractivity contribution in [3.8, 4) is 56.0 Å². The molecule has 11 aromatic carbocycles. The summed E-state index contributed by atoms with van der Waals surface area (Å²) in [5.74, 6) is 0.172. The Morgan fingerprint density at radius 1 is 0.472 bits per heavy atom. The van der Waals surface area contributed by atoms with Gasteiger partial charge in [-0.2, -0.15) is 0 Å². The minimum absolute atomic E-state index is 0.295. The number of carbonyl (C=O) groups is 4. The van der Waals surface area contributed by atoms with E-state index < -0.39 is 17.7 Å². The number of amides is 3. The maximum absolute atomic E-state index is 15.0. The Morgan fingerprint density at radius 3 is 1.56 bits per heavy atom. The molecule has 1 aliphatic rings. The van der Waals surface area contributed by atoms with Gasteiger partial charge >= 0.3 is 0 Å². The van der Waals surface area contributed by atoms with E-state index in [9.17, 15) is 14.4 Å². The first-order chi connectivity index (χ1) is 35.1. The molecule has 0 saturated heterocycles. The fraction of sp³-hybridized carbons (Fsp3) is 0.0323. The number of nitrogens with one attached hydrogen (secondary N) is 1. The van der Waals surface area contributed by atoms with E-state index in [-0.39, 0.29) is 0 Å². The van der Waals surface area contributed by atoms with Crippen molar-refractivity contribution in [2.75, 3.05) is 24.4 Å². The van der Waals surface area contributed by atoms with Gasteiger partial charge in [-0.05, 0) is 122 Å². The number of methoxy groups -OCH3 is 2. The van der Waals surface area contributed by atoms with E-state index in [1.807, 2.05) is 158 Å². The minimum Gasteiger partial charge on any atom is -0.497 e. The summed E-state index contributed by atoms with van der Waals surface area (Å²) in [6, 6.07) is 57.8. The topological polar surface area (TPSA) is 102 Å². The maximum Gasteiger partial charge on any atom is 0.266 e. The number of aldehydes is 1. The number of ether oxygens (including phenoxy) is 2. The van der Waals surface area contributed by atoms with Crippen molar-refractivity contribution in [2.24, 2.45) is 0 Å². The van der Waals surface area contributed by atoms with Crippen LogP contribution in [0, 0.1) is 0 Å². The number of carbonyl (C=O) groups excluding carboxylic acids is 4. The molecular formula is C62H38Br2N2O6. The Hall–Kier alpha value is -8.44. The molecule has 346 valence electrons. The van der Waals surface area contributed by atoms with Crippen LogP contribution in [0.1, 0.15) is 41.4 Å². The maximum atomic E-state index is 15.0. The highest BCUT2D eigenvalue weighted by Gasteiger charge is 2.37. The summed E-state index contributed by atoms with van der Waals surface area (Å²) in [7, 11) is 3.27. The van der Waals surface area contributed by atoms with Gasteiger partial charge in [0.1, 0.15) is 11.5 Å². The van der Waals surface area contributed by atoms with Gasteiger partial charge in [0.05, 0.1) is 25.5 Å². The van der Waals surface area contributed by atoms with Crippen molar-refractivity contribution in [1.82, 2.24) is 0 Å². The van der Waals surface area contributed by atoms with Gasteiger partial charge in [0.25, 0.3) is 17.7 Å². The van der Waals surface area contributed by atoms with E-state index in [1.54, 1.807) is 38.5 Å². The van der Waals surface area contributed by atoms with Crippen molar-refractivity contribution in [3.05, 3.63) is 213 Å². The molecule has 8 nitrogen and oxygen atoms in total. The highest BCUT2D eigenvalue weighted by molar-refractivity contribution is 9.11. The molecule has 0 aliphatic carbocycles. The van der Waals surface area contributed by atoms with E-state index >= 15 is 4.79 Å².